The Hall–Kier alpha value is -1.94. The molecule has 0 aromatic heterocycles. The van der Waals surface area contributed by atoms with Crippen molar-refractivity contribution in [3.63, 3.8) is 0 Å². The number of hydrogen-bond acceptors (Lipinski definition) is 4. The van der Waals surface area contributed by atoms with E-state index in [-0.39, 0.29) is 5.78 Å². The molecule has 0 N–H and O–H groups in total. The van der Waals surface area contributed by atoms with Crippen molar-refractivity contribution in [3.8, 4) is 0 Å². The van der Waals surface area contributed by atoms with Crippen molar-refractivity contribution in [2.45, 2.75) is 65.1 Å². The SMILES string of the molecule is CCCCC1=C[C@@]2(OCc3ccccc3)CC[C@]1(C(=O)OC)C(=O)C2(C)C. The quantitative estimate of drug-likeness (QED) is 0.399. The van der Waals surface area contributed by atoms with Crippen LogP contribution in [-0.4, -0.2) is 24.5 Å². The van der Waals surface area contributed by atoms with Gasteiger partial charge in [0.25, 0.3) is 0 Å². The number of carbonyl (C=O) groups excluding carboxylic acids is 2. The van der Waals surface area contributed by atoms with Crippen molar-refractivity contribution in [2.24, 2.45) is 10.8 Å². The molecule has 1 fully saturated rings. The molecule has 0 heterocycles. The van der Waals surface area contributed by atoms with E-state index in [1.807, 2.05) is 44.2 Å². The molecule has 27 heavy (non-hydrogen) atoms. The van der Waals surface area contributed by atoms with Crippen molar-refractivity contribution in [1.82, 2.24) is 0 Å². The third-order valence-electron chi connectivity index (χ3n) is 6.51. The van der Waals surface area contributed by atoms with Crippen LogP contribution in [0.4, 0.5) is 0 Å². The van der Waals surface area contributed by atoms with E-state index in [4.69, 9.17) is 9.47 Å². The first kappa shape index (κ1) is 19.8. The molecule has 4 rings (SSSR count). The third-order valence-corrected chi connectivity index (χ3v) is 6.51. The van der Waals surface area contributed by atoms with Crippen LogP contribution < -0.4 is 0 Å². The van der Waals surface area contributed by atoms with Crippen molar-refractivity contribution in [2.75, 3.05) is 7.11 Å². The van der Waals surface area contributed by atoms with Gasteiger partial charge in [0.1, 0.15) is 5.41 Å². The minimum absolute atomic E-state index is 0.0604. The summed E-state index contributed by atoms with van der Waals surface area (Å²) in [4.78, 5) is 26.4. The van der Waals surface area contributed by atoms with E-state index in [9.17, 15) is 9.59 Å². The number of ether oxygens (including phenoxy) is 2. The highest BCUT2D eigenvalue weighted by atomic mass is 16.5. The van der Waals surface area contributed by atoms with Crippen molar-refractivity contribution in [1.29, 1.82) is 0 Å². The van der Waals surface area contributed by atoms with Crippen LogP contribution in [-0.2, 0) is 25.7 Å². The van der Waals surface area contributed by atoms with Crippen LogP contribution in [0.5, 0.6) is 0 Å². The van der Waals surface area contributed by atoms with E-state index in [1.54, 1.807) is 0 Å². The largest absolute Gasteiger partial charge is 0.468 e. The molecule has 3 aliphatic rings. The second-order valence-electron chi connectivity index (χ2n) is 8.29. The highest BCUT2D eigenvalue weighted by Gasteiger charge is 2.68. The summed E-state index contributed by atoms with van der Waals surface area (Å²) < 4.78 is 11.6. The number of unbranched alkanes of at least 4 members (excludes halogenated alkanes) is 1. The Bertz CT molecular complexity index is 749. The zero-order chi connectivity index (χ0) is 19.7. The number of methoxy groups -OCH3 is 1. The highest BCUT2D eigenvalue weighted by molar-refractivity contribution is 6.11. The van der Waals surface area contributed by atoms with Gasteiger partial charge in [-0.05, 0) is 50.7 Å². The molecule has 4 nitrogen and oxygen atoms in total. The van der Waals surface area contributed by atoms with Gasteiger partial charge < -0.3 is 9.47 Å². The Morgan fingerprint density at radius 3 is 2.48 bits per heavy atom. The summed E-state index contributed by atoms with van der Waals surface area (Å²) in [6, 6.07) is 10.00. The minimum atomic E-state index is -1.13. The molecule has 1 saturated carbocycles. The smallest absolute Gasteiger partial charge is 0.323 e. The van der Waals surface area contributed by atoms with E-state index >= 15 is 0 Å². The maximum Gasteiger partial charge on any atom is 0.323 e. The Kier molecular flexibility index (Phi) is 5.31. The number of ketones is 1. The monoisotopic (exact) mass is 370 g/mol. The molecule has 0 amide bonds. The molecular weight excluding hydrogens is 340 g/mol. The molecule has 0 spiro atoms. The van der Waals surface area contributed by atoms with Gasteiger partial charge in [-0.2, -0.15) is 0 Å². The van der Waals surface area contributed by atoms with Gasteiger partial charge in [-0.3, -0.25) is 9.59 Å². The molecule has 146 valence electrons. The van der Waals surface area contributed by atoms with Gasteiger partial charge in [0.05, 0.1) is 24.7 Å². The first-order valence-electron chi connectivity index (χ1n) is 9.87. The zero-order valence-electron chi connectivity index (χ0n) is 16.8. The zero-order valence-corrected chi connectivity index (χ0v) is 16.8. The standard InChI is InChI=1S/C23H30O4/c1-5-6-12-18-15-22(27-16-17-10-8-7-9-11-17)13-14-23(18,20(25)26-4)19(24)21(22,2)3/h7-11,15H,5-6,12-14,16H2,1-4H3/t22-,23+/m0/s1. The first-order chi connectivity index (χ1) is 12.8. The lowest BCUT2D eigenvalue weighted by Crippen LogP contribution is -2.66. The molecular formula is C23H30O4. The fourth-order valence-electron chi connectivity index (χ4n) is 4.72. The highest BCUT2D eigenvalue weighted by Crippen LogP contribution is 2.60. The van der Waals surface area contributed by atoms with Crippen molar-refractivity contribution >= 4 is 11.8 Å². The number of hydrogen-bond donors (Lipinski definition) is 0. The molecule has 1 aromatic carbocycles. The maximum atomic E-state index is 13.6. The molecule has 4 heteroatoms. The number of carbonyl (C=O) groups is 2. The second kappa shape index (κ2) is 7.23. The third kappa shape index (κ3) is 2.94. The molecule has 0 aliphatic heterocycles. The summed E-state index contributed by atoms with van der Waals surface area (Å²) in [6.07, 6.45) is 5.87. The summed E-state index contributed by atoms with van der Waals surface area (Å²) in [7, 11) is 1.37. The lowest BCUT2D eigenvalue weighted by molar-refractivity contribution is -0.186. The number of fused-ring (bicyclic) bond motifs is 2. The molecule has 3 aliphatic carbocycles. The Balaban J connectivity index is 2.02. The normalized spacial score (nSPS) is 28.7. The summed E-state index contributed by atoms with van der Waals surface area (Å²) in [6.45, 7) is 6.37. The van der Waals surface area contributed by atoms with E-state index in [2.05, 4.69) is 13.0 Å². The van der Waals surface area contributed by atoms with Crippen LogP contribution in [0, 0.1) is 10.8 Å². The van der Waals surface area contributed by atoms with Crippen LogP contribution in [0.1, 0.15) is 58.4 Å². The number of rotatable bonds is 7. The summed E-state index contributed by atoms with van der Waals surface area (Å²) >= 11 is 0. The van der Waals surface area contributed by atoms with E-state index in [0.717, 1.165) is 30.4 Å². The van der Waals surface area contributed by atoms with Crippen molar-refractivity contribution in [3.05, 3.63) is 47.5 Å². The van der Waals surface area contributed by atoms with Gasteiger partial charge in [-0.1, -0.05) is 49.8 Å². The Labute approximate surface area is 161 Å². The van der Waals surface area contributed by atoms with Gasteiger partial charge in [-0.25, -0.2) is 0 Å². The average molecular weight is 370 g/mol. The van der Waals surface area contributed by atoms with E-state index in [1.165, 1.54) is 7.11 Å². The number of Topliss-reactive ketones (excluding diaryl/α,β-unsaturated/α-hetero) is 1. The second-order valence-corrected chi connectivity index (χ2v) is 8.29. The van der Waals surface area contributed by atoms with Gasteiger partial charge >= 0.3 is 5.97 Å². The van der Waals surface area contributed by atoms with Gasteiger partial charge in [0.2, 0.25) is 0 Å². The molecule has 0 unspecified atom stereocenters. The van der Waals surface area contributed by atoms with Crippen LogP contribution in [0.3, 0.4) is 0 Å². The molecule has 2 bridgehead atoms. The molecule has 0 saturated heterocycles. The van der Waals surface area contributed by atoms with Crippen LogP contribution >= 0.6 is 0 Å². The van der Waals surface area contributed by atoms with Gasteiger partial charge in [0, 0.05) is 0 Å². The molecule has 2 atom stereocenters. The van der Waals surface area contributed by atoms with Gasteiger partial charge in [-0.15, -0.1) is 0 Å². The number of benzene rings is 1. The Morgan fingerprint density at radius 2 is 1.85 bits per heavy atom. The van der Waals surface area contributed by atoms with E-state index < -0.39 is 22.4 Å². The summed E-state index contributed by atoms with van der Waals surface area (Å²) in [5, 5.41) is 0. The fourth-order valence-corrected chi connectivity index (χ4v) is 4.72. The van der Waals surface area contributed by atoms with E-state index in [0.29, 0.717) is 19.4 Å². The van der Waals surface area contributed by atoms with Crippen LogP contribution in [0.25, 0.3) is 0 Å². The molecule has 1 aromatic rings. The summed E-state index contributed by atoms with van der Waals surface area (Å²) in [5.74, 6) is -0.478. The lowest BCUT2D eigenvalue weighted by atomic mass is 9.48. The minimum Gasteiger partial charge on any atom is -0.468 e. The maximum absolute atomic E-state index is 13.6. The number of esters is 1. The van der Waals surface area contributed by atoms with Crippen molar-refractivity contribution < 1.29 is 19.1 Å². The predicted molar refractivity (Wildman–Crippen MR) is 104 cm³/mol. The fraction of sp³-hybridized carbons (Fsp3) is 0.565. The first-order valence-corrected chi connectivity index (χ1v) is 9.87. The summed E-state index contributed by atoms with van der Waals surface area (Å²) in [5.41, 5.74) is -0.637. The van der Waals surface area contributed by atoms with Gasteiger partial charge in [0.15, 0.2) is 5.78 Å². The van der Waals surface area contributed by atoms with Crippen LogP contribution in [0.15, 0.2) is 42.0 Å². The predicted octanol–water partition coefficient (Wildman–Crippen LogP) is 4.62. The van der Waals surface area contributed by atoms with Crippen LogP contribution in [0.2, 0.25) is 0 Å². The molecule has 0 radical (unpaired) electrons. The Morgan fingerprint density at radius 1 is 1.15 bits per heavy atom. The topological polar surface area (TPSA) is 52.6 Å². The lowest BCUT2D eigenvalue weighted by Gasteiger charge is -2.57. The average Bonchev–Trinajstić information content (AvgIpc) is 2.69.